The topological polar surface area (TPSA) is 33.1 Å². The minimum Gasteiger partial charge on any atom is -0.396 e. The van der Waals surface area contributed by atoms with Gasteiger partial charge in [-0.3, -0.25) is 4.98 Å². The number of hydrogen-bond acceptors (Lipinski definition) is 2. The molecule has 0 aliphatic heterocycles. The summed E-state index contributed by atoms with van der Waals surface area (Å²) in [6.45, 7) is -0.220. The number of aliphatic hydroxyl groups is 1. The Hall–Kier alpha value is -1.03. The molecule has 13 heavy (non-hydrogen) atoms. The van der Waals surface area contributed by atoms with E-state index in [2.05, 4.69) is 4.98 Å². The molecule has 0 amide bonds. The second-order valence-electron chi connectivity index (χ2n) is 2.75. The first-order chi connectivity index (χ1) is 6.17. The van der Waals surface area contributed by atoms with Crippen LogP contribution in [-0.2, 0) is 5.92 Å². The molecule has 1 heterocycles. The van der Waals surface area contributed by atoms with Crippen LogP contribution >= 0.6 is 0 Å². The Balaban J connectivity index is 2.69. The number of hydrogen-bond donors (Lipinski definition) is 1. The van der Waals surface area contributed by atoms with E-state index in [-0.39, 0.29) is 25.1 Å². The fraction of sp³-hybridized carbons (Fsp3) is 0.444. The lowest BCUT2D eigenvalue weighted by molar-refractivity contribution is -0.0231. The minimum atomic E-state index is -2.93. The van der Waals surface area contributed by atoms with Crippen LogP contribution in [0, 0.1) is 0 Å². The van der Waals surface area contributed by atoms with E-state index >= 15 is 0 Å². The van der Waals surface area contributed by atoms with Crippen molar-refractivity contribution in [3.63, 3.8) is 0 Å². The Kier molecular flexibility index (Phi) is 3.31. The van der Waals surface area contributed by atoms with Crippen LogP contribution < -0.4 is 0 Å². The summed E-state index contributed by atoms with van der Waals surface area (Å²) in [6.07, 6.45) is 1.06. The smallest absolute Gasteiger partial charge is 0.289 e. The number of pyridine rings is 1. The zero-order valence-corrected chi connectivity index (χ0v) is 7.08. The molecule has 1 aromatic rings. The standard InChI is InChI=1S/C9H11F2NO/c10-9(11,5-3-7-13)8-4-1-2-6-12-8/h1-2,4,6,13H,3,5,7H2. The molecule has 0 aliphatic rings. The average molecular weight is 187 g/mol. The quantitative estimate of drug-likeness (QED) is 0.781. The van der Waals surface area contributed by atoms with E-state index in [1.807, 2.05) is 0 Å². The summed E-state index contributed by atoms with van der Waals surface area (Å²) >= 11 is 0. The van der Waals surface area contributed by atoms with Gasteiger partial charge in [-0.2, -0.15) is 8.78 Å². The molecule has 0 unspecified atom stereocenters. The van der Waals surface area contributed by atoms with Crippen LogP contribution in [-0.4, -0.2) is 16.7 Å². The lowest BCUT2D eigenvalue weighted by Gasteiger charge is -2.14. The third-order valence-electron chi connectivity index (χ3n) is 1.69. The van der Waals surface area contributed by atoms with Gasteiger partial charge in [0.05, 0.1) is 0 Å². The van der Waals surface area contributed by atoms with E-state index in [4.69, 9.17) is 5.11 Å². The number of alkyl halides is 2. The Labute approximate surface area is 75.2 Å². The summed E-state index contributed by atoms with van der Waals surface area (Å²) in [5.74, 6) is -2.93. The molecule has 0 saturated heterocycles. The van der Waals surface area contributed by atoms with E-state index < -0.39 is 5.92 Å². The first-order valence-electron chi connectivity index (χ1n) is 4.07. The molecule has 0 aliphatic carbocycles. The summed E-state index contributed by atoms with van der Waals surface area (Å²) in [4.78, 5) is 3.57. The molecular weight excluding hydrogens is 176 g/mol. The van der Waals surface area contributed by atoms with E-state index in [1.54, 1.807) is 6.07 Å². The van der Waals surface area contributed by atoms with Crippen molar-refractivity contribution in [2.24, 2.45) is 0 Å². The van der Waals surface area contributed by atoms with Crippen LogP contribution in [0.4, 0.5) is 8.78 Å². The molecule has 72 valence electrons. The second kappa shape index (κ2) is 4.28. The Bertz CT molecular complexity index is 251. The molecule has 0 atom stereocenters. The normalized spacial score (nSPS) is 11.6. The summed E-state index contributed by atoms with van der Waals surface area (Å²) in [5.41, 5.74) is -0.233. The fourth-order valence-electron chi connectivity index (χ4n) is 1.01. The summed E-state index contributed by atoms with van der Waals surface area (Å²) in [5, 5.41) is 8.42. The Morgan fingerprint density at radius 1 is 1.38 bits per heavy atom. The van der Waals surface area contributed by atoms with Crippen molar-refractivity contribution in [3.8, 4) is 0 Å². The van der Waals surface area contributed by atoms with Gasteiger partial charge in [0.15, 0.2) is 0 Å². The van der Waals surface area contributed by atoms with E-state index in [1.165, 1.54) is 18.3 Å². The molecule has 1 aromatic heterocycles. The van der Waals surface area contributed by atoms with Crippen LogP contribution in [0.25, 0.3) is 0 Å². The Morgan fingerprint density at radius 2 is 2.15 bits per heavy atom. The van der Waals surface area contributed by atoms with Gasteiger partial charge in [-0.1, -0.05) is 6.07 Å². The van der Waals surface area contributed by atoms with Gasteiger partial charge in [-0.05, 0) is 18.6 Å². The van der Waals surface area contributed by atoms with Crippen molar-refractivity contribution in [2.75, 3.05) is 6.61 Å². The van der Waals surface area contributed by atoms with Crippen molar-refractivity contribution in [1.82, 2.24) is 4.98 Å². The average Bonchev–Trinajstić information content (AvgIpc) is 2.16. The van der Waals surface area contributed by atoms with Crippen LogP contribution in [0.5, 0.6) is 0 Å². The SMILES string of the molecule is OCCCC(F)(F)c1ccccn1. The van der Waals surface area contributed by atoms with Crippen LogP contribution in [0.2, 0.25) is 0 Å². The number of rotatable bonds is 4. The summed E-state index contributed by atoms with van der Waals surface area (Å²) in [6, 6.07) is 4.40. The molecule has 2 nitrogen and oxygen atoms in total. The number of aliphatic hydroxyl groups excluding tert-OH is 1. The number of nitrogens with zero attached hydrogens (tertiary/aromatic N) is 1. The highest BCUT2D eigenvalue weighted by molar-refractivity contribution is 5.09. The fourth-order valence-corrected chi connectivity index (χ4v) is 1.01. The first kappa shape index (κ1) is 10.1. The van der Waals surface area contributed by atoms with Crippen molar-refractivity contribution in [3.05, 3.63) is 30.1 Å². The minimum absolute atomic E-state index is 0.0869. The molecular formula is C9H11F2NO. The van der Waals surface area contributed by atoms with Crippen molar-refractivity contribution in [2.45, 2.75) is 18.8 Å². The van der Waals surface area contributed by atoms with Crippen LogP contribution in [0.1, 0.15) is 18.5 Å². The van der Waals surface area contributed by atoms with E-state index in [0.29, 0.717) is 0 Å². The number of aromatic nitrogens is 1. The molecule has 0 radical (unpaired) electrons. The van der Waals surface area contributed by atoms with Crippen molar-refractivity contribution < 1.29 is 13.9 Å². The lowest BCUT2D eigenvalue weighted by Crippen LogP contribution is -2.15. The third kappa shape index (κ3) is 2.73. The third-order valence-corrected chi connectivity index (χ3v) is 1.69. The largest absolute Gasteiger partial charge is 0.396 e. The number of halogens is 2. The van der Waals surface area contributed by atoms with E-state index in [0.717, 1.165) is 0 Å². The van der Waals surface area contributed by atoms with Crippen LogP contribution in [0.3, 0.4) is 0 Å². The molecule has 0 aromatic carbocycles. The van der Waals surface area contributed by atoms with Gasteiger partial charge in [0.2, 0.25) is 0 Å². The van der Waals surface area contributed by atoms with Gasteiger partial charge in [-0.15, -0.1) is 0 Å². The molecule has 0 fully saturated rings. The Morgan fingerprint density at radius 3 is 2.69 bits per heavy atom. The highest BCUT2D eigenvalue weighted by Gasteiger charge is 2.31. The highest BCUT2D eigenvalue weighted by Crippen LogP contribution is 2.30. The van der Waals surface area contributed by atoms with Crippen molar-refractivity contribution >= 4 is 0 Å². The second-order valence-corrected chi connectivity index (χ2v) is 2.75. The van der Waals surface area contributed by atoms with Gasteiger partial charge < -0.3 is 5.11 Å². The maximum absolute atomic E-state index is 13.2. The van der Waals surface area contributed by atoms with Crippen LogP contribution in [0.15, 0.2) is 24.4 Å². The maximum Gasteiger partial charge on any atom is 0.289 e. The monoisotopic (exact) mass is 187 g/mol. The van der Waals surface area contributed by atoms with E-state index in [9.17, 15) is 8.78 Å². The first-order valence-corrected chi connectivity index (χ1v) is 4.07. The highest BCUT2D eigenvalue weighted by atomic mass is 19.3. The molecule has 4 heteroatoms. The summed E-state index contributed by atoms with van der Waals surface area (Å²) in [7, 11) is 0. The molecule has 1 rings (SSSR count). The zero-order valence-electron chi connectivity index (χ0n) is 7.08. The van der Waals surface area contributed by atoms with Gasteiger partial charge >= 0.3 is 0 Å². The molecule has 0 saturated carbocycles. The van der Waals surface area contributed by atoms with Gasteiger partial charge in [0, 0.05) is 19.2 Å². The van der Waals surface area contributed by atoms with Gasteiger partial charge in [0.1, 0.15) is 5.69 Å². The summed E-state index contributed by atoms with van der Waals surface area (Å²) < 4.78 is 26.3. The zero-order chi connectivity index (χ0) is 9.73. The van der Waals surface area contributed by atoms with Gasteiger partial charge in [-0.25, -0.2) is 0 Å². The lowest BCUT2D eigenvalue weighted by atomic mass is 10.1. The van der Waals surface area contributed by atoms with Gasteiger partial charge in [0.25, 0.3) is 5.92 Å². The maximum atomic E-state index is 13.2. The molecule has 0 spiro atoms. The van der Waals surface area contributed by atoms with Crippen molar-refractivity contribution in [1.29, 1.82) is 0 Å². The predicted octanol–water partition coefficient (Wildman–Crippen LogP) is 1.95. The molecule has 0 bridgehead atoms. The molecule has 1 N–H and O–H groups in total. The predicted molar refractivity (Wildman–Crippen MR) is 44.5 cm³/mol.